The number of amides is 1. The number of pyridine rings is 1. The van der Waals surface area contributed by atoms with Crippen molar-refractivity contribution in [3.8, 4) is 0 Å². The van der Waals surface area contributed by atoms with Gasteiger partial charge in [-0.05, 0) is 35.6 Å². The van der Waals surface area contributed by atoms with Gasteiger partial charge in [0.05, 0.1) is 30.5 Å². The van der Waals surface area contributed by atoms with Crippen LogP contribution in [0.15, 0.2) is 59.2 Å². The summed E-state index contributed by atoms with van der Waals surface area (Å²) in [6, 6.07) is 12.4. The maximum absolute atomic E-state index is 12.9. The second-order valence-corrected chi connectivity index (χ2v) is 7.93. The van der Waals surface area contributed by atoms with Crippen LogP contribution in [-0.4, -0.2) is 65.0 Å². The minimum Gasteiger partial charge on any atom is -0.507 e. The van der Waals surface area contributed by atoms with E-state index in [1.807, 2.05) is 12.3 Å². The third-order valence-electron chi connectivity index (χ3n) is 6.12. The van der Waals surface area contributed by atoms with Crippen molar-refractivity contribution in [3.63, 3.8) is 0 Å². The van der Waals surface area contributed by atoms with E-state index in [0.717, 1.165) is 18.5 Å². The highest BCUT2D eigenvalue weighted by molar-refractivity contribution is 5.94. The minimum absolute atomic E-state index is 0.0136. The SMILES string of the molecule is CN1C[C@H](C2c3ccccc3CCc3cccnc32)N2/N=C\COCC(O)=C2C1=O. The number of benzene rings is 1. The Morgan fingerprint density at radius 1 is 1.13 bits per heavy atom. The zero-order chi connectivity index (χ0) is 20.7. The first kappa shape index (κ1) is 18.8. The number of carbonyl (C=O) groups excluding carboxylic acids is 1. The van der Waals surface area contributed by atoms with Gasteiger partial charge in [-0.25, -0.2) is 0 Å². The van der Waals surface area contributed by atoms with Crippen molar-refractivity contribution in [1.29, 1.82) is 0 Å². The Morgan fingerprint density at radius 2 is 1.93 bits per heavy atom. The standard InChI is InChI=1S/C23H24N4O3/c1-26-13-18(27-22(23(26)29)19(28)14-30-12-11-25-27)20-17-7-3-2-5-15(17)8-9-16-6-4-10-24-21(16)20/h2-7,10-11,18,20,28H,8-9,12-14H2,1H3/b22-19?,25-11-/t18-,20?/m1/s1. The molecule has 3 aliphatic rings. The van der Waals surface area contributed by atoms with Gasteiger partial charge in [0, 0.05) is 19.8 Å². The fraction of sp³-hybridized carbons (Fsp3) is 0.348. The first-order chi connectivity index (χ1) is 14.6. The summed E-state index contributed by atoms with van der Waals surface area (Å²) >= 11 is 0. The van der Waals surface area contributed by atoms with Gasteiger partial charge in [0.2, 0.25) is 0 Å². The summed E-state index contributed by atoms with van der Waals surface area (Å²) in [5, 5.41) is 16.9. The lowest BCUT2D eigenvalue weighted by Gasteiger charge is -2.43. The van der Waals surface area contributed by atoms with Gasteiger partial charge in [-0.1, -0.05) is 30.3 Å². The van der Waals surface area contributed by atoms with Crippen LogP contribution < -0.4 is 0 Å². The number of hydrogen-bond acceptors (Lipinski definition) is 6. The molecule has 2 atom stereocenters. The first-order valence-electron chi connectivity index (χ1n) is 10.2. The number of aliphatic hydroxyl groups is 1. The highest BCUT2D eigenvalue weighted by Crippen LogP contribution is 2.40. The van der Waals surface area contributed by atoms with Crippen LogP contribution in [0.3, 0.4) is 0 Å². The lowest BCUT2D eigenvalue weighted by molar-refractivity contribution is -0.132. The molecule has 0 spiro atoms. The summed E-state index contributed by atoms with van der Waals surface area (Å²) in [6.45, 7) is 0.740. The Balaban J connectivity index is 1.71. The molecule has 2 aliphatic heterocycles. The molecule has 0 radical (unpaired) electrons. The molecule has 1 N–H and O–H groups in total. The number of aromatic nitrogens is 1. The molecule has 1 saturated heterocycles. The maximum Gasteiger partial charge on any atom is 0.275 e. The van der Waals surface area contributed by atoms with Crippen molar-refractivity contribution in [3.05, 3.63) is 76.4 Å². The molecule has 3 heterocycles. The fourth-order valence-corrected chi connectivity index (χ4v) is 4.74. The van der Waals surface area contributed by atoms with E-state index < -0.39 is 0 Å². The predicted molar refractivity (Wildman–Crippen MR) is 112 cm³/mol. The number of piperazine rings is 1. The van der Waals surface area contributed by atoms with Crippen LogP contribution >= 0.6 is 0 Å². The molecular formula is C23H24N4O3. The number of ether oxygens (including phenoxy) is 1. The highest BCUT2D eigenvalue weighted by Gasteiger charge is 2.44. The van der Waals surface area contributed by atoms with Crippen LogP contribution in [0.25, 0.3) is 0 Å². The summed E-state index contributed by atoms with van der Waals surface area (Å²) in [7, 11) is 1.76. The quantitative estimate of drug-likeness (QED) is 0.789. The number of nitrogens with zero attached hydrogens (tertiary/aromatic N) is 4. The van der Waals surface area contributed by atoms with Gasteiger partial charge in [-0.2, -0.15) is 5.10 Å². The average molecular weight is 404 g/mol. The van der Waals surface area contributed by atoms with Crippen molar-refractivity contribution in [1.82, 2.24) is 14.9 Å². The third-order valence-corrected chi connectivity index (χ3v) is 6.12. The molecule has 5 rings (SSSR count). The van der Waals surface area contributed by atoms with E-state index in [4.69, 9.17) is 9.72 Å². The summed E-state index contributed by atoms with van der Waals surface area (Å²) in [4.78, 5) is 19.4. The van der Waals surface area contributed by atoms with Crippen LogP contribution in [-0.2, 0) is 22.4 Å². The van der Waals surface area contributed by atoms with E-state index in [-0.39, 0.29) is 42.5 Å². The smallest absolute Gasteiger partial charge is 0.275 e. The van der Waals surface area contributed by atoms with Gasteiger partial charge in [0.25, 0.3) is 5.91 Å². The lowest BCUT2D eigenvalue weighted by Crippen LogP contribution is -2.54. The van der Waals surface area contributed by atoms with Crippen molar-refractivity contribution in [2.75, 3.05) is 26.8 Å². The molecule has 0 bridgehead atoms. The van der Waals surface area contributed by atoms with Crippen molar-refractivity contribution < 1.29 is 14.6 Å². The summed E-state index contributed by atoms with van der Waals surface area (Å²) in [5.41, 5.74) is 4.91. The van der Waals surface area contributed by atoms with Crippen LogP contribution in [0.2, 0.25) is 0 Å². The molecular weight excluding hydrogens is 380 g/mol. The van der Waals surface area contributed by atoms with E-state index in [9.17, 15) is 9.90 Å². The largest absolute Gasteiger partial charge is 0.507 e. The molecule has 30 heavy (non-hydrogen) atoms. The lowest BCUT2D eigenvalue weighted by atomic mass is 9.83. The monoisotopic (exact) mass is 404 g/mol. The zero-order valence-electron chi connectivity index (χ0n) is 16.9. The maximum atomic E-state index is 12.9. The van der Waals surface area contributed by atoms with E-state index in [1.54, 1.807) is 23.2 Å². The number of fused-ring (bicyclic) bond motifs is 3. The van der Waals surface area contributed by atoms with Crippen LogP contribution in [0.1, 0.15) is 28.3 Å². The van der Waals surface area contributed by atoms with E-state index in [2.05, 4.69) is 35.4 Å². The van der Waals surface area contributed by atoms with Gasteiger partial charge >= 0.3 is 0 Å². The molecule has 1 aromatic carbocycles. The number of aliphatic hydroxyl groups excluding tert-OH is 1. The fourth-order valence-electron chi connectivity index (χ4n) is 4.74. The normalized spacial score (nSPS) is 24.9. The minimum atomic E-state index is -0.255. The van der Waals surface area contributed by atoms with Crippen molar-refractivity contribution in [2.24, 2.45) is 5.10 Å². The molecule has 7 nitrogen and oxygen atoms in total. The van der Waals surface area contributed by atoms with Gasteiger partial charge < -0.3 is 14.7 Å². The number of hydrazone groups is 1. The number of carbonyl (C=O) groups is 1. The average Bonchev–Trinajstić information content (AvgIpc) is 2.91. The summed E-state index contributed by atoms with van der Waals surface area (Å²) in [6.07, 6.45) is 5.34. The Labute approximate surface area is 175 Å². The van der Waals surface area contributed by atoms with Crippen LogP contribution in [0.4, 0.5) is 0 Å². The van der Waals surface area contributed by atoms with Crippen molar-refractivity contribution in [2.45, 2.75) is 24.8 Å². The van der Waals surface area contributed by atoms with Crippen LogP contribution in [0.5, 0.6) is 0 Å². The first-order valence-corrected chi connectivity index (χ1v) is 10.2. The van der Waals surface area contributed by atoms with Gasteiger partial charge in [0.1, 0.15) is 12.4 Å². The Hall–Kier alpha value is -3.19. The van der Waals surface area contributed by atoms with E-state index in [0.29, 0.717) is 6.54 Å². The summed E-state index contributed by atoms with van der Waals surface area (Å²) in [5.74, 6) is -0.429. The molecule has 1 aliphatic carbocycles. The highest BCUT2D eigenvalue weighted by atomic mass is 16.5. The Bertz CT molecular complexity index is 1000. The number of likely N-dealkylation sites (N-methyl/N-ethyl adjacent to an activating group) is 1. The summed E-state index contributed by atoms with van der Waals surface area (Å²) < 4.78 is 5.37. The number of aryl methyl sites for hydroxylation is 2. The van der Waals surface area contributed by atoms with Crippen molar-refractivity contribution >= 4 is 12.1 Å². The molecule has 1 amide bonds. The van der Waals surface area contributed by atoms with E-state index >= 15 is 0 Å². The predicted octanol–water partition coefficient (Wildman–Crippen LogP) is 2.24. The Kier molecular flexibility index (Phi) is 4.75. The molecule has 1 fully saturated rings. The van der Waals surface area contributed by atoms with Gasteiger partial charge in [-0.3, -0.25) is 14.8 Å². The van der Waals surface area contributed by atoms with Gasteiger partial charge in [-0.15, -0.1) is 0 Å². The Morgan fingerprint density at radius 3 is 2.83 bits per heavy atom. The van der Waals surface area contributed by atoms with Crippen LogP contribution in [0, 0.1) is 0 Å². The molecule has 7 heteroatoms. The second-order valence-electron chi connectivity index (χ2n) is 7.93. The molecule has 2 aromatic rings. The molecule has 1 aromatic heterocycles. The molecule has 1 unspecified atom stereocenters. The number of hydrogen-bond donors (Lipinski definition) is 1. The zero-order valence-corrected chi connectivity index (χ0v) is 16.9. The van der Waals surface area contributed by atoms with Gasteiger partial charge in [0.15, 0.2) is 5.70 Å². The third kappa shape index (κ3) is 3.06. The van der Waals surface area contributed by atoms with E-state index in [1.165, 1.54) is 16.7 Å². The molecule has 154 valence electrons. The molecule has 0 saturated carbocycles. The second kappa shape index (κ2) is 7.57. The topological polar surface area (TPSA) is 78.3 Å². The number of rotatable bonds is 1.